The molecule has 2 rings (SSSR count). The summed E-state index contributed by atoms with van der Waals surface area (Å²) in [4.78, 5) is 18.8. The second-order valence-corrected chi connectivity index (χ2v) is 6.48. The van der Waals surface area contributed by atoms with E-state index >= 15 is 0 Å². The molecule has 0 unspecified atom stereocenters. The summed E-state index contributed by atoms with van der Waals surface area (Å²) in [6.45, 7) is 5.02. The van der Waals surface area contributed by atoms with Crippen LogP contribution in [0.25, 0.3) is 0 Å². The van der Waals surface area contributed by atoms with Gasteiger partial charge in [-0.3, -0.25) is 4.79 Å². The molecule has 0 saturated carbocycles. The van der Waals surface area contributed by atoms with Gasteiger partial charge in [-0.25, -0.2) is 4.98 Å². The number of pyridine rings is 1. The number of amides is 1. The van der Waals surface area contributed by atoms with E-state index in [0.717, 1.165) is 25.9 Å². The number of hydrogen-bond donors (Lipinski definition) is 2. The Morgan fingerprint density at radius 3 is 2.71 bits per heavy atom. The molecule has 1 fully saturated rings. The van der Waals surface area contributed by atoms with Gasteiger partial charge in [-0.15, -0.1) is 0 Å². The maximum atomic E-state index is 12.3. The summed E-state index contributed by atoms with van der Waals surface area (Å²) in [5, 5.41) is 6.27. The standard InChI is InChI=1S/C15H23ClN4O/c1-15(6-8-20(3)9-7-15)10-18-14(21)13-11(16)4-5-12(17-2)19-13/h4-5H,6-10H2,1-3H3,(H,17,19)(H,18,21). The summed E-state index contributed by atoms with van der Waals surface area (Å²) in [5.41, 5.74) is 0.426. The van der Waals surface area contributed by atoms with Crippen LogP contribution in [0.4, 0.5) is 5.82 Å². The summed E-state index contributed by atoms with van der Waals surface area (Å²) in [7, 11) is 3.89. The third-order valence-corrected chi connectivity index (χ3v) is 4.49. The van der Waals surface area contributed by atoms with Crippen LogP contribution in [-0.4, -0.2) is 49.5 Å². The van der Waals surface area contributed by atoms with Gasteiger partial charge in [0.2, 0.25) is 0 Å². The molecule has 0 spiro atoms. The largest absolute Gasteiger partial charge is 0.373 e. The van der Waals surface area contributed by atoms with E-state index in [1.807, 2.05) is 0 Å². The van der Waals surface area contributed by atoms with E-state index in [4.69, 9.17) is 11.6 Å². The molecule has 0 bridgehead atoms. The normalized spacial score (nSPS) is 18.3. The molecular formula is C15H23ClN4O. The number of piperidine rings is 1. The Bertz CT molecular complexity index is 512. The van der Waals surface area contributed by atoms with Gasteiger partial charge in [-0.1, -0.05) is 18.5 Å². The van der Waals surface area contributed by atoms with Crippen LogP contribution in [0.15, 0.2) is 12.1 Å². The third-order valence-electron chi connectivity index (χ3n) is 4.19. The molecule has 1 saturated heterocycles. The first kappa shape index (κ1) is 16.0. The van der Waals surface area contributed by atoms with Crippen LogP contribution in [0.2, 0.25) is 5.02 Å². The minimum atomic E-state index is -0.211. The van der Waals surface area contributed by atoms with Crippen molar-refractivity contribution < 1.29 is 4.79 Å². The highest BCUT2D eigenvalue weighted by molar-refractivity contribution is 6.33. The highest BCUT2D eigenvalue weighted by Crippen LogP contribution is 2.29. The lowest BCUT2D eigenvalue weighted by atomic mass is 9.80. The zero-order chi connectivity index (χ0) is 15.5. The fraction of sp³-hybridized carbons (Fsp3) is 0.600. The molecule has 2 heterocycles. The highest BCUT2D eigenvalue weighted by atomic mass is 35.5. The molecule has 21 heavy (non-hydrogen) atoms. The van der Waals surface area contributed by atoms with Gasteiger partial charge in [0.25, 0.3) is 5.91 Å². The molecule has 1 amide bonds. The molecule has 6 heteroatoms. The molecule has 1 aliphatic rings. The lowest BCUT2D eigenvalue weighted by Gasteiger charge is -2.37. The predicted molar refractivity (Wildman–Crippen MR) is 86.0 cm³/mol. The van der Waals surface area contributed by atoms with Crippen LogP contribution in [0.5, 0.6) is 0 Å². The van der Waals surface area contributed by atoms with Gasteiger partial charge < -0.3 is 15.5 Å². The Morgan fingerprint density at radius 2 is 2.10 bits per heavy atom. The van der Waals surface area contributed by atoms with Gasteiger partial charge in [0.1, 0.15) is 11.5 Å². The van der Waals surface area contributed by atoms with E-state index in [1.54, 1.807) is 19.2 Å². The van der Waals surface area contributed by atoms with Gasteiger partial charge in [0, 0.05) is 13.6 Å². The minimum Gasteiger partial charge on any atom is -0.373 e. The minimum absolute atomic E-state index is 0.148. The summed E-state index contributed by atoms with van der Waals surface area (Å²) in [5.74, 6) is 0.423. The fourth-order valence-corrected chi connectivity index (χ4v) is 2.64. The summed E-state index contributed by atoms with van der Waals surface area (Å²) in [6, 6.07) is 3.43. The fourth-order valence-electron chi connectivity index (χ4n) is 2.45. The Morgan fingerprint density at radius 1 is 1.43 bits per heavy atom. The van der Waals surface area contributed by atoms with Crippen molar-refractivity contribution in [2.45, 2.75) is 19.8 Å². The number of carbonyl (C=O) groups excluding carboxylic acids is 1. The number of carbonyl (C=O) groups is 1. The number of nitrogens with zero attached hydrogens (tertiary/aromatic N) is 2. The maximum absolute atomic E-state index is 12.3. The van der Waals surface area contributed by atoms with Crippen molar-refractivity contribution in [2.75, 3.05) is 39.0 Å². The topological polar surface area (TPSA) is 57.3 Å². The zero-order valence-electron chi connectivity index (χ0n) is 12.9. The lowest BCUT2D eigenvalue weighted by Crippen LogP contribution is -2.43. The van der Waals surface area contributed by atoms with Crippen LogP contribution in [-0.2, 0) is 0 Å². The molecule has 0 atom stereocenters. The number of hydrogen-bond acceptors (Lipinski definition) is 4. The highest BCUT2D eigenvalue weighted by Gasteiger charge is 2.29. The molecule has 0 aliphatic carbocycles. The number of halogens is 1. The number of aromatic nitrogens is 1. The SMILES string of the molecule is CNc1ccc(Cl)c(C(=O)NCC2(C)CCN(C)CC2)n1. The van der Waals surface area contributed by atoms with E-state index in [9.17, 15) is 4.79 Å². The van der Waals surface area contributed by atoms with Crippen molar-refractivity contribution in [1.29, 1.82) is 0 Å². The van der Waals surface area contributed by atoms with Crippen LogP contribution in [0.1, 0.15) is 30.3 Å². The van der Waals surface area contributed by atoms with E-state index in [1.165, 1.54) is 0 Å². The Balaban J connectivity index is 1.98. The summed E-state index contributed by atoms with van der Waals surface area (Å²) < 4.78 is 0. The van der Waals surface area contributed by atoms with E-state index in [2.05, 4.69) is 34.5 Å². The average molecular weight is 311 g/mol. The number of likely N-dealkylation sites (tertiary alicyclic amines) is 1. The molecule has 0 aromatic carbocycles. The first-order valence-corrected chi connectivity index (χ1v) is 7.62. The molecule has 2 N–H and O–H groups in total. The average Bonchev–Trinajstić information content (AvgIpc) is 2.49. The van der Waals surface area contributed by atoms with Crippen LogP contribution < -0.4 is 10.6 Å². The molecule has 1 aromatic heterocycles. The Hall–Kier alpha value is -1.33. The maximum Gasteiger partial charge on any atom is 0.271 e. The molecular weight excluding hydrogens is 288 g/mol. The van der Waals surface area contributed by atoms with E-state index in [-0.39, 0.29) is 17.0 Å². The summed E-state index contributed by atoms with van der Waals surface area (Å²) in [6.07, 6.45) is 2.17. The molecule has 1 aliphatic heterocycles. The first-order valence-electron chi connectivity index (χ1n) is 7.24. The van der Waals surface area contributed by atoms with Crippen molar-refractivity contribution in [3.8, 4) is 0 Å². The second-order valence-electron chi connectivity index (χ2n) is 6.07. The number of rotatable bonds is 4. The first-order chi connectivity index (χ1) is 9.93. The van der Waals surface area contributed by atoms with Crippen LogP contribution in [0, 0.1) is 5.41 Å². The van der Waals surface area contributed by atoms with Gasteiger partial charge in [-0.05, 0) is 50.5 Å². The van der Waals surface area contributed by atoms with E-state index in [0.29, 0.717) is 17.4 Å². The monoisotopic (exact) mass is 310 g/mol. The zero-order valence-corrected chi connectivity index (χ0v) is 13.6. The predicted octanol–water partition coefficient (Wildman–Crippen LogP) is 2.24. The quantitative estimate of drug-likeness (QED) is 0.895. The van der Waals surface area contributed by atoms with Gasteiger partial charge in [0.05, 0.1) is 5.02 Å². The number of nitrogens with one attached hydrogen (secondary N) is 2. The number of anilines is 1. The van der Waals surface area contributed by atoms with Gasteiger partial charge >= 0.3 is 0 Å². The van der Waals surface area contributed by atoms with Crippen LogP contribution >= 0.6 is 11.6 Å². The lowest BCUT2D eigenvalue weighted by molar-refractivity contribution is 0.0887. The molecule has 5 nitrogen and oxygen atoms in total. The molecule has 1 aromatic rings. The summed E-state index contributed by atoms with van der Waals surface area (Å²) >= 11 is 6.07. The molecule has 116 valence electrons. The Labute approximate surface area is 131 Å². The van der Waals surface area contributed by atoms with Crippen LogP contribution in [0.3, 0.4) is 0 Å². The third kappa shape index (κ3) is 4.08. The smallest absolute Gasteiger partial charge is 0.271 e. The molecule has 0 radical (unpaired) electrons. The Kier molecular flexibility index (Phi) is 5.06. The van der Waals surface area contributed by atoms with Gasteiger partial charge in [-0.2, -0.15) is 0 Å². The van der Waals surface area contributed by atoms with Crippen molar-refractivity contribution in [2.24, 2.45) is 5.41 Å². The van der Waals surface area contributed by atoms with Crippen molar-refractivity contribution in [3.63, 3.8) is 0 Å². The second kappa shape index (κ2) is 6.62. The van der Waals surface area contributed by atoms with Crippen molar-refractivity contribution >= 4 is 23.3 Å². The van der Waals surface area contributed by atoms with Gasteiger partial charge in [0.15, 0.2) is 0 Å². The van der Waals surface area contributed by atoms with Crippen molar-refractivity contribution in [3.05, 3.63) is 22.8 Å². The van der Waals surface area contributed by atoms with Crippen molar-refractivity contribution in [1.82, 2.24) is 15.2 Å². The van der Waals surface area contributed by atoms with E-state index < -0.39 is 0 Å².